The van der Waals surface area contributed by atoms with E-state index in [1.54, 1.807) is 5.57 Å². The molecule has 1 unspecified atom stereocenters. The van der Waals surface area contributed by atoms with Crippen LogP contribution in [0.2, 0.25) is 0 Å². The third-order valence-electron chi connectivity index (χ3n) is 9.83. The van der Waals surface area contributed by atoms with Gasteiger partial charge in [0.1, 0.15) is 0 Å². The van der Waals surface area contributed by atoms with Crippen LogP contribution in [0, 0.1) is 34.5 Å². The summed E-state index contributed by atoms with van der Waals surface area (Å²) in [5.74, 6) is 2.77. The van der Waals surface area contributed by atoms with Gasteiger partial charge in [0.15, 0.2) is 0 Å². The monoisotopic (exact) mass is 384 g/mol. The first kappa shape index (κ1) is 20.7. The van der Waals surface area contributed by atoms with E-state index in [1.807, 2.05) is 5.57 Å². The molecule has 1 heteroatoms. The third-order valence-corrected chi connectivity index (χ3v) is 9.83. The Morgan fingerprint density at radius 3 is 2.68 bits per heavy atom. The molecule has 1 N–H and O–H groups in total. The molecule has 0 radical (unpaired) electrons. The van der Waals surface area contributed by atoms with Gasteiger partial charge in [0.2, 0.25) is 0 Å². The molecule has 0 amide bonds. The van der Waals surface area contributed by atoms with E-state index in [1.165, 1.54) is 69.8 Å². The Morgan fingerprint density at radius 1 is 1.14 bits per heavy atom. The second kappa shape index (κ2) is 7.60. The molecule has 7 atom stereocenters. The predicted octanol–water partition coefficient (Wildman–Crippen LogP) is 7.45. The van der Waals surface area contributed by atoms with Crippen molar-refractivity contribution >= 4 is 0 Å². The Bertz CT molecular complexity index is 653. The first-order chi connectivity index (χ1) is 13.3. The molecule has 0 bridgehead atoms. The molecule has 4 aliphatic rings. The van der Waals surface area contributed by atoms with Crippen LogP contribution in [0.5, 0.6) is 0 Å². The molecule has 4 aliphatic carbocycles. The minimum absolute atomic E-state index is 0.102. The van der Waals surface area contributed by atoms with Gasteiger partial charge in [-0.2, -0.15) is 0 Å². The van der Waals surface area contributed by atoms with Gasteiger partial charge in [-0.15, -0.1) is 0 Å². The van der Waals surface area contributed by atoms with Crippen molar-refractivity contribution in [2.75, 3.05) is 0 Å². The van der Waals surface area contributed by atoms with Crippen molar-refractivity contribution in [2.24, 2.45) is 34.5 Å². The topological polar surface area (TPSA) is 20.2 Å². The van der Waals surface area contributed by atoms with Crippen LogP contribution in [-0.4, -0.2) is 11.2 Å². The maximum Gasteiger partial charge on any atom is 0.0613 e. The van der Waals surface area contributed by atoms with Gasteiger partial charge in [0.05, 0.1) is 6.10 Å². The number of rotatable bonds is 4. The van der Waals surface area contributed by atoms with Gasteiger partial charge in [0, 0.05) is 5.92 Å². The third kappa shape index (κ3) is 3.24. The quantitative estimate of drug-likeness (QED) is 0.499. The fourth-order valence-corrected chi connectivity index (χ4v) is 8.32. The van der Waals surface area contributed by atoms with Crippen molar-refractivity contribution in [1.82, 2.24) is 0 Å². The van der Waals surface area contributed by atoms with Crippen LogP contribution in [0.3, 0.4) is 0 Å². The summed E-state index contributed by atoms with van der Waals surface area (Å²) < 4.78 is 0. The van der Waals surface area contributed by atoms with Gasteiger partial charge < -0.3 is 5.11 Å². The fourth-order valence-electron chi connectivity index (χ4n) is 8.32. The molecule has 0 aromatic heterocycles. The fraction of sp³-hybridized carbons (Fsp3) is 0.852. The molecule has 28 heavy (non-hydrogen) atoms. The summed E-state index contributed by atoms with van der Waals surface area (Å²) in [6.07, 6.45) is 16.8. The largest absolute Gasteiger partial charge is 0.392 e. The molecule has 158 valence electrons. The highest BCUT2D eigenvalue weighted by Crippen LogP contribution is 2.65. The van der Waals surface area contributed by atoms with Crippen LogP contribution in [0.4, 0.5) is 0 Å². The smallest absolute Gasteiger partial charge is 0.0613 e. The van der Waals surface area contributed by atoms with Gasteiger partial charge in [-0.1, -0.05) is 56.4 Å². The average molecular weight is 385 g/mol. The highest BCUT2D eigenvalue weighted by Gasteiger charge is 2.58. The Hall–Kier alpha value is -0.560. The standard InChI is InChI=1S/C27H44O/c1-18(2)9-8-10-19(3)23-17-24(28)25-21-13-12-20-11-6-7-15-26(20,4)22(21)14-16-27(23,25)5/h9,19-20,23-25,28H,6-8,10-17H2,1-5H3/t19-,20?,23-,24-,25+,26+,27-/m1/s1. The maximum atomic E-state index is 11.3. The normalized spacial score (nSPS) is 43.8. The first-order valence-corrected chi connectivity index (χ1v) is 12.3. The van der Waals surface area contributed by atoms with E-state index < -0.39 is 0 Å². The lowest BCUT2D eigenvalue weighted by atomic mass is 9.50. The van der Waals surface area contributed by atoms with Crippen molar-refractivity contribution in [1.29, 1.82) is 0 Å². The number of fused-ring (bicyclic) bond motifs is 4. The first-order valence-electron chi connectivity index (χ1n) is 12.3. The van der Waals surface area contributed by atoms with Crippen LogP contribution >= 0.6 is 0 Å². The van der Waals surface area contributed by atoms with Crippen LogP contribution in [0.1, 0.15) is 105 Å². The highest BCUT2D eigenvalue weighted by molar-refractivity contribution is 5.35. The minimum atomic E-state index is -0.102. The molecule has 1 nitrogen and oxygen atoms in total. The summed E-state index contributed by atoms with van der Waals surface area (Å²) in [5, 5.41) is 11.3. The lowest BCUT2D eigenvalue weighted by molar-refractivity contribution is 0.0443. The molecule has 0 spiro atoms. The summed E-state index contributed by atoms with van der Waals surface area (Å²) in [6.45, 7) is 12.0. The molecule has 2 saturated carbocycles. The number of aliphatic hydroxyl groups excluding tert-OH is 1. The predicted molar refractivity (Wildman–Crippen MR) is 119 cm³/mol. The number of hydrogen-bond donors (Lipinski definition) is 1. The lowest BCUT2D eigenvalue weighted by Gasteiger charge is -2.54. The zero-order valence-corrected chi connectivity index (χ0v) is 19.2. The van der Waals surface area contributed by atoms with Crippen molar-refractivity contribution in [3.63, 3.8) is 0 Å². The van der Waals surface area contributed by atoms with Gasteiger partial charge in [-0.25, -0.2) is 0 Å². The molecule has 0 saturated heterocycles. The van der Waals surface area contributed by atoms with E-state index in [-0.39, 0.29) is 6.10 Å². The van der Waals surface area contributed by atoms with Crippen molar-refractivity contribution in [2.45, 2.75) is 111 Å². The van der Waals surface area contributed by atoms with Gasteiger partial charge in [0.25, 0.3) is 0 Å². The second-order valence-corrected chi connectivity index (χ2v) is 11.6. The molecule has 0 heterocycles. The molecule has 0 aromatic carbocycles. The zero-order valence-electron chi connectivity index (χ0n) is 19.2. The van der Waals surface area contributed by atoms with Crippen LogP contribution < -0.4 is 0 Å². The minimum Gasteiger partial charge on any atom is -0.392 e. The van der Waals surface area contributed by atoms with Crippen molar-refractivity contribution in [3.8, 4) is 0 Å². The number of hydrogen-bond acceptors (Lipinski definition) is 1. The maximum absolute atomic E-state index is 11.3. The molecule has 0 aromatic rings. The van der Waals surface area contributed by atoms with E-state index in [0.29, 0.717) is 28.6 Å². The average Bonchev–Trinajstić information content (AvgIpc) is 2.92. The summed E-state index contributed by atoms with van der Waals surface area (Å²) in [7, 11) is 0. The molecular formula is C27H44O. The van der Waals surface area contributed by atoms with E-state index in [2.05, 4.69) is 40.7 Å². The molecular weight excluding hydrogens is 340 g/mol. The van der Waals surface area contributed by atoms with E-state index in [0.717, 1.165) is 12.3 Å². The molecule has 2 fully saturated rings. The van der Waals surface area contributed by atoms with E-state index in [4.69, 9.17) is 0 Å². The van der Waals surface area contributed by atoms with Gasteiger partial charge >= 0.3 is 0 Å². The van der Waals surface area contributed by atoms with Crippen molar-refractivity contribution < 1.29 is 5.11 Å². The summed E-state index contributed by atoms with van der Waals surface area (Å²) in [5.41, 5.74) is 5.77. The Kier molecular flexibility index (Phi) is 5.62. The van der Waals surface area contributed by atoms with Crippen LogP contribution in [0.25, 0.3) is 0 Å². The highest BCUT2D eigenvalue weighted by atomic mass is 16.3. The number of aliphatic hydroxyl groups is 1. The van der Waals surface area contributed by atoms with Gasteiger partial charge in [-0.05, 0) is 100 Å². The van der Waals surface area contributed by atoms with E-state index >= 15 is 0 Å². The lowest BCUT2D eigenvalue weighted by Crippen LogP contribution is -2.45. The Morgan fingerprint density at radius 2 is 1.93 bits per heavy atom. The van der Waals surface area contributed by atoms with E-state index in [9.17, 15) is 5.11 Å². The number of allylic oxidation sites excluding steroid dienone is 3. The second-order valence-electron chi connectivity index (χ2n) is 11.6. The molecule has 4 rings (SSSR count). The van der Waals surface area contributed by atoms with Crippen LogP contribution in [0.15, 0.2) is 22.8 Å². The Labute approximate surface area is 174 Å². The summed E-state index contributed by atoms with van der Waals surface area (Å²) >= 11 is 0. The summed E-state index contributed by atoms with van der Waals surface area (Å²) in [6, 6.07) is 0. The zero-order chi connectivity index (χ0) is 20.1. The van der Waals surface area contributed by atoms with Crippen LogP contribution in [-0.2, 0) is 0 Å². The SMILES string of the molecule is CC(C)=CCC[C@@H](C)[C@H]1C[C@@H](O)[C@@H]2C3=C(CC[C@]12C)[C@@]1(C)CCCCC1CC3. The van der Waals surface area contributed by atoms with Crippen molar-refractivity contribution in [3.05, 3.63) is 22.8 Å². The summed E-state index contributed by atoms with van der Waals surface area (Å²) in [4.78, 5) is 0. The Balaban J connectivity index is 1.60. The molecule has 0 aliphatic heterocycles. The van der Waals surface area contributed by atoms with Gasteiger partial charge in [-0.3, -0.25) is 0 Å².